The van der Waals surface area contributed by atoms with E-state index in [0.29, 0.717) is 16.5 Å². The third-order valence-corrected chi connectivity index (χ3v) is 3.53. The average molecular weight is 243 g/mol. The van der Waals surface area contributed by atoms with Crippen LogP contribution in [0.1, 0.15) is 5.56 Å². The quantitative estimate of drug-likeness (QED) is 0.740. The summed E-state index contributed by atoms with van der Waals surface area (Å²) in [5.74, 6) is 0.0728. The van der Waals surface area contributed by atoms with E-state index in [4.69, 9.17) is 31.4 Å². The molecule has 0 aliphatic rings. The number of aromatic nitrogens is 1. The highest BCUT2D eigenvalue weighted by Crippen LogP contribution is 2.37. The molecule has 3 nitrogen and oxygen atoms in total. The van der Waals surface area contributed by atoms with E-state index < -0.39 is 10.6 Å². The summed E-state index contributed by atoms with van der Waals surface area (Å²) in [6, 6.07) is 5.08. The van der Waals surface area contributed by atoms with Crippen molar-refractivity contribution in [3.63, 3.8) is 0 Å². The van der Waals surface area contributed by atoms with Gasteiger partial charge in [0.2, 0.25) is 0 Å². The summed E-state index contributed by atoms with van der Waals surface area (Å²) in [6.45, 7) is 0. The van der Waals surface area contributed by atoms with Gasteiger partial charge in [0.25, 0.3) is 0 Å². The number of fused-ring (bicyclic) bond motifs is 1. The van der Waals surface area contributed by atoms with Gasteiger partial charge in [-0.2, -0.15) is 0 Å². The van der Waals surface area contributed by atoms with E-state index in [1.54, 1.807) is 38.5 Å². The van der Waals surface area contributed by atoms with Crippen molar-refractivity contribution in [2.24, 2.45) is 0 Å². The molecule has 0 aliphatic carbocycles. The van der Waals surface area contributed by atoms with Crippen molar-refractivity contribution in [2.75, 3.05) is 14.1 Å². The van der Waals surface area contributed by atoms with Gasteiger partial charge in [-0.15, -0.1) is 0 Å². The van der Waals surface area contributed by atoms with E-state index in [-0.39, 0.29) is 5.75 Å². The Kier molecular flexibility index (Phi) is 3.29. The molecule has 7 heteroatoms. The molecule has 0 unspecified atom stereocenters. The minimum atomic E-state index is -1.55. The van der Waals surface area contributed by atoms with Crippen molar-refractivity contribution in [3.8, 4) is 5.75 Å². The van der Waals surface area contributed by atoms with Crippen LogP contribution in [0.15, 0.2) is 24.4 Å². The first-order valence-electron chi connectivity index (χ1n) is 5.82. The molecule has 2 N–H and O–H groups in total. The van der Waals surface area contributed by atoms with Gasteiger partial charge in [0, 0.05) is 17.1 Å². The number of nitrogens with zero attached hydrogens (tertiary/aromatic N) is 1. The van der Waals surface area contributed by atoms with Crippen LogP contribution >= 0.6 is 0 Å². The predicted molar refractivity (Wildman–Crippen MR) is 81.1 cm³/mol. The summed E-state index contributed by atoms with van der Waals surface area (Å²) in [5.41, 5.74) is 1.17. The highest BCUT2D eigenvalue weighted by Gasteiger charge is 2.39. The molecule has 0 atom stereocenters. The zero-order chi connectivity index (χ0) is 14.4. The molecule has 0 amide bonds. The largest absolute Gasteiger partial charge is 0.507 e. The van der Waals surface area contributed by atoms with Gasteiger partial charge in [-0.1, -0.05) is 16.6 Å². The second-order valence-electron chi connectivity index (χ2n) is 4.99. The van der Waals surface area contributed by atoms with Crippen LogP contribution in [-0.4, -0.2) is 65.8 Å². The van der Waals surface area contributed by atoms with Crippen molar-refractivity contribution >= 4 is 42.3 Å². The van der Waals surface area contributed by atoms with Crippen molar-refractivity contribution in [3.05, 3.63) is 30.0 Å². The lowest BCUT2D eigenvalue weighted by molar-refractivity contribution is 0.310. The zero-order valence-corrected chi connectivity index (χ0v) is 11.0. The predicted octanol–water partition coefficient (Wildman–Crippen LogP) is -0.0843. The molecule has 1 aromatic carbocycles. The summed E-state index contributed by atoms with van der Waals surface area (Å²) in [4.78, 5) is 4.53. The number of hydrogen-bond acceptors (Lipinski definition) is 2. The first-order valence-corrected chi connectivity index (χ1v) is 5.82. The Hall–Kier alpha value is -1.22. The zero-order valence-electron chi connectivity index (χ0n) is 11.0. The van der Waals surface area contributed by atoms with Crippen LogP contribution < -0.4 is 0 Å². The first kappa shape index (κ1) is 14.2. The van der Waals surface area contributed by atoms with Crippen LogP contribution in [0.2, 0.25) is 0 Å². The number of phenols is 1. The second kappa shape index (κ2) is 4.41. The van der Waals surface area contributed by atoms with E-state index in [9.17, 15) is 5.11 Å². The molecule has 0 saturated heterocycles. The number of likely N-dealkylation sites (N-methyl/N-ethyl adjacent to an activating group) is 1. The molecule has 1 heterocycles. The molecular weight excluding hydrogens is 231 g/mol. The molecule has 0 aliphatic heterocycles. The Morgan fingerprint density at radius 3 is 2.37 bits per heavy atom. The molecule has 0 saturated carbocycles. The third-order valence-electron chi connectivity index (χ3n) is 3.53. The molecule has 1 aromatic heterocycles. The van der Waals surface area contributed by atoms with Gasteiger partial charge >= 0.3 is 0 Å². The van der Waals surface area contributed by atoms with Gasteiger partial charge in [0.1, 0.15) is 5.75 Å². The normalized spacial score (nSPS) is 13.2. The minimum Gasteiger partial charge on any atom is -0.507 e. The Morgan fingerprint density at radius 2 is 1.79 bits per heavy atom. The SMILES string of the molecule is [B]C([B])(c1c[nH]c2cccc(O)c12)C([B])([B])N(C)C. The van der Waals surface area contributed by atoms with Crippen molar-refractivity contribution in [1.82, 2.24) is 9.88 Å². The molecule has 19 heavy (non-hydrogen) atoms. The number of hydrogen-bond donors (Lipinski definition) is 2. The average Bonchev–Trinajstić information content (AvgIpc) is 2.74. The van der Waals surface area contributed by atoms with Gasteiger partial charge in [-0.05, 0) is 31.8 Å². The van der Waals surface area contributed by atoms with Crippen LogP contribution in [0.5, 0.6) is 5.75 Å². The van der Waals surface area contributed by atoms with Crippen molar-refractivity contribution in [1.29, 1.82) is 0 Å². The Morgan fingerprint density at radius 1 is 1.16 bits per heavy atom. The van der Waals surface area contributed by atoms with Gasteiger partial charge in [0.05, 0.1) is 31.4 Å². The molecule has 0 spiro atoms. The lowest BCUT2D eigenvalue weighted by Gasteiger charge is -2.49. The summed E-state index contributed by atoms with van der Waals surface area (Å²) in [6.07, 6.45) is 1.61. The second-order valence-corrected chi connectivity index (χ2v) is 4.99. The highest BCUT2D eigenvalue weighted by molar-refractivity contribution is 6.54. The minimum absolute atomic E-state index is 0.0728. The van der Waals surface area contributed by atoms with E-state index in [1.165, 1.54) is 4.90 Å². The van der Waals surface area contributed by atoms with E-state index in [2.05, 4.69) is 4.98 Å². The van der Waals surface area contributed by atoms with Crippen molar-refractivity contribution < 1.29 is 5.11 Å². The van der Waals surface area contributed by atoms with Gasteiger partial charge in [-0.25, -0.2) is 0 Å². The maximum Gasteiger partial charge on any atom is 0.125 e. The lowest BCUT2D eigenvalue weighted by Crippen LogP contribution is -2.62. The summed E-state index contributed by atoms with van der Waals surface area (Å²) in [5, 5.41) is 7.48. The van der Waals surface area contributed by atoms with Gasteiger partial charge in [-0.3, -0.25) is 0 Å². The standard InChI is InChI=1S/C12H12B4N2O/c1-18(2)12(15,16)11(13,14)7-6-17-8-4-3-5-9(19)10(7)8/h3-6,17,19H,1-2H3. The molecule has 2 aromatic rings. The van der Waals surface area contributed by atoms with Crippen LogP contribution in [0, 0.1) is 0 Å². The lowest BCUT2D eigenvalue weighted by atomic mass is 9.31. The number of nitrogens with one attached hydrogen (secondary N) is 1. The van der Waals surface area contributed by atoms with Crippen molar-refractivity contribution in [2.45, 2.75) is 10.6 Å². The van der Waals surface area contributed by atoms with Crippen LogP contribution in [0.4, 0.5) is 0 Å². The topological polar surface area (TPSA) is 39.3 Å². The number of H-pyrrole nitrogens is 1. The summed E-state index contributed by atoms with van der Waals surface area (Å²) < 4.78 is 0. The van der Waals surface area contributed by atoms with Gasteiger partial charge in [0.15, 0.2) is 0 Å². The smallest absolute Gasteiger partial charge is 0.125 e. The molecule has 8 radical (unpaired) electrons. The molecule has 2 rings (SSSR count). The molecule has 0 bridgehead atoms. The number of rotatable bonds is 3. The molecule has 0 fully saturated rings. The van der Waals surface area contributed by atoms with Crippen LogP contribution in [0.3, 0.4) is 0 Å². The van der Waals surface area contributed by atoms with Crippen LogP contribution in [0.25, 0.3) is 10.9 Å². The fourth-order valence-corrected chi connectivity index (χ4v) is 2.08. The summed E-state index contributed by atoms with van der Waals surface area (Å²) in [7, 11) is 27.7. The fourth-order valence-electron chi connectivity index (χ4n) is 2.08. The molecular formula is C12H12B4N2O. The summed E-state index contributed by atoms with van der Waals surface area (Å²) >= 11 is 0. The first-order chi connectivity index (χ1) is 8.69. The van der Waals surface area contributed by atoms with E-state index >= 15 is 0 Å². The van der Waals surface area contributed by atoms with Gasteiger partial charge < -0.3 is 15.0 Å². The number of aromatic amines is 1. The fraction of sp³-hybridized carbons (Fsp3) is 0.333. The Balaban J connectivity index is 2.68. The maximum atomic E-state index is 9.98. The monoisotopic (exact) mass is 244 g/mol. The number of phenolic OH excluding ortho intramolecular Hbond substituents is 1. The third kappa shape index (κ3) is 2.00. The van der Waals surface area contributed by atoms with E-state index in [1.807, 2.05) is 0 Å². The van der Waals surface area contributed by atoms with E-state index in [0.717, 1.165) is 0 Å². The Bertz CT molecular complexity index is 607. The number of aromatic hydroxyl groups is 1. The van der Waals surface area contributed by atoms with Crippen LogP contribution in [-0.2, 0) is 5.21 Å². The maximum absolute atomic E-state index is 9.98. The highest BCUT2D eigenvalue weighted by atomic mass is 16.3. The Labute approximate surface area is 118 Å². The molecule has 88 valence electrons. The number of benzene rings is 1.